The van der Waals surface area contributed by atoms with Crippen molar-refractivity contribution in [3.8, 4) is 0 Å². The normalized spacial score (nSPS) is 13.7. The van der Waals surface area contributed by atoms with E-state index in [4.69, 9.17) is 20.4 Å². The van der Waals surface area contributed by atoms with Crippen LogP contribution >= 0.6 is 0 Å². The first kappa shape index (κ1) is 33.4. The topological polar surface area (TPSA) is 156 Å². The van der Waals surface area contributed by atoms with Crippen molar-refractivity contribution in [1.82, 2.24) is 0 Å². The van der Waals surface area contributed by atoms with E-state index < -0.39 is 24.1 Å². The predicted octanol–water partition coefficient (Wildman–Crippen LogP) is 2.76. The molecule has 0 bridgehead atoms. The van der Waals surface area contributed by atoms with Gasteiger partial charge in [0, 0.05) is 23.7 Å². The zero-order valence-corrected chi connectivity index (χ0v) is 20.1. The second kappa shape index (κ2) is 16.5. The Hall–Kier alpha value is -1.22. The van der Waals surface area contributed by atoms with Crippen molar-refractivity contribution in [1.29, 1.82) is 0 Å². The molecule has 0 aliphatic rings. The maximum Gasteiger partial charge on any atom is 0.303 e. The minimum atomic E-state index is -0.870. The molecule has 0 aliphatic heterocycles. The van der Waals surface area contributed by atoms with E-state index in [1.165, 1.54) is 0 Å². The number of hydrogen-bond donors (Lipinski definition) is 6. The van der Waals surface area contributed by atoms with Gasteiger partial charge in [-0.25, -0.2) is 0 Å². The number of carbonyl (C=O) groups is 2. The van der Waals surface area contributed by atoms with Crippen molar-refractivity contribution in [3.05, 3.63) is 0 Å². The van der Waals surface area contributed by atoms with Crippen LogP contribution in [-0.4, -0.2) is 68.0 Å². The molecule has 0 heterocycles. The van der Waals surface area contributed by atoms with Crippen molar-refractivity contribution in [2.45, 2.75) is 93.3 Å². The summed E-state index contributed by atoms with van der Waals surface area (Å²) in [7, 11) is 0. The molecule has 0 rings (SSSR count). The van der Waals surface area contributed by atoms with Crippen LogP contribution in [0, 0.1) is 22.7 Å². The maximum atomic E-state index is 9.90. The highest BCUT2D eigenvalue weighted by Crippen LogP contribution is 2.25. The molecule has 0 saturated carbocycles. The Morgan fingerprint density at radius 1 is 0.667 bits per heavy atom. The molecule has 0 fully saturated rings. The standard InChI is InChI=1S/2C8H18O2.C6H10O4/c2*1-6(2)7(10)8(3,4)5-9;7-5(8)3-1-2-4-6(9)10/h2*6-7,9-10H,5H2,1-4H3;1-4H2,(H,7,8)(H,9,10). The number of aliphatic hydroxyl groups is 4. The van der Waals surface area contributed by atoms with E-state index in [9.17, 15) is 19.8 Å². The van der Waals surface area contributed by atoms with Gasteiger partial charge in [0.05, 0.1) is 25.4 Å². The van der Waals surface area contributed by atoms with E-state index in [-0.39, 0.29) is 48.7 Å². The van der Waals surface area contributed by atoms with Gasteiger partial charge in [-0.05, 0) is 24.7 Å². The van der Waals surface area contributed by atoms with Crippen LogP contribution in [0.2, 0.25) is 0 Å². The van der Waals surface area contributed by atoms with Gasteiger partial charge in [-0.15, -0.1) is 0 Å². The van der Waals surface area contributed by atoms with E-state index in [1.54, 1.807) is 0 Å². The van der Waals surface area contributed by atoms with Crippen LogP contribution in [-0.2, 0) is 9.59 Å². The average molecular weight is 439 g/mol. The van der Waals surface area contributed by atoms with Crippen LogP contribution in [0.3, 0.4) is 0 Å². The Morgan fingerprint density at radius 3 is 1.00 bits per heavy atom. The molecule has 0 aromatic carbocycles. The van der Waals surface area contributed by atoms with Crippen molar-refractivity contribution < 1.29 is 40.2 Å². The second-order valence-electron chi connectivity index (χ2n) is 9.67. The molecule has 0 aliphatic carbocycles. The largest absolute Gasteiger partial charge is 0.481 e. The molecule has 2 atom stereocenters. The van der Waals surface area contributed by atoms with E-state index in [0.717, 1.165) is 0 Å². The summed E-state index contributed by atoms with van der Waals surface area (Å²) < 4.78 is 0. The third kappa shape index (κ3) is 17.6. The SMILES string of the molecule is CC(C)C(O)C(C)(C)CO.CC(C)C(O)C(C)(C)CO.O=C(O)CCCCC(=O)O. The van der Waals surface area contributed by atoms with Crippen LogP contribution < -0.4 is 0 Å². The summed E-state index contributed by atoms with van der Waals surface area (Å²) in [6.45, 7) is 15.3. The average Bonchev–Trinajstić information content (AvgIpc) is 2.64. The number of hydrogen-bond acceptors (Lipinski definition) is 6. The summed E-state index contributed by atoms with van der Waals surface area (Å²) in [5.41, 5.74) is -0.734. The molecular formula is C22H46O8. The van der Waals surface area contributed by atoms with Gasteiger partial charge >= 0.3 is 11.9 Å². The number of carboxylic acid groups (broad SMARTS) is 2. The number of carboxylic acids is 2. The molecule has 0 spiro atoms. The lowest BCUT2D eigenvalue weighted by molar-refractivity contribution is -0.139. The van der Waals surface area contributed by atoms with Gasteiger partial charge in [-0.1, -0.05) is 55.4 Å². The summed E-state index contributed by atoms with van der Waals surface area (Å²) in [6, 6.07) is 0. The minimum absolute atomic E-state index is 0.0341. The number of rotatable bonds is 11. The van der Waals surface area contributed by atoms with Crippen molar-refractivity contribution in [2.75, 3.05) is 13.2 Å². The van der Waals surface area contributed by atoms with Crippen molar-refractivity contribution in [2.24, 2.45) is 22.7 Å². The Bertz CT molecular complexity index is 416. The zero-order chi connectivity index (χ0) is 24.7. The van der Waals surface area contributed by atoms with E-state index in [1.807, 2.05) is 55.4 Å². The summed E-state index contributed by atoms with van der Waals surface area (Å²) in [6.07, 6.45) is 0.180. The highest BCUT2D eigenvalue weighted by molar-refractivity contribution is 5.67. The quantitative estimate of drug-likeness (QED) is 0.269. The summed E-state index contributed by atoms with van der Waals surface area (Å²) in [4.78, 5) is 19.8. The van der Waals surface area contributed by atoms with Crippen LogP contribution in [0.15, 0.2) is 0 Å². The zero-order valence-electron chi connectivity index (χ0n) is 20.1. The van der Waals surface area contributed by atoms with Gasteiger partial charge in [0.2, 0.25) is 0 Å². The molecule has 0 amide bonds. The summed E-state index contributed by atoms with van der Waals surface area (Å²) >= 11 is 0. The third-order valence-electron chi connectivity index (χ3n) is 4.71. The van der Waals surface area contributed by atoms with Crippen LogP contribution in [0.1, 0.15) is 81.1 Å². The molecule has 30 heavy (non-hydrogen) atoms. The fourth-order valence-corrected chi connectivity index (χ4v) is 2.54. The number of unbranched alkanes of at least 4 members (excludes halogenated alkanes) is 1. The predicted molar refractivity (Wildman–Crippen MR) is 117 cm³/mol. The molecule has 0 saturated heterocycles. The lowest BCUT2D eigenvalue weighted by atomic mass is 9.82. The van der Waals surface area contributed by atoms with Gasteiger partial charge < -0.3 is 30.6 Å². The van der Waals surface area contributed by atoms with Gasteiger partial charge in [-0.3, -0.25) is 9.59 Å². The number of aliphatic carboxylic acids is 2. The Kier molecular flexibility index (Phi) is 18.3. The van der Waals surface area contributed by atoms with Crippen molar-refractivity contribution >= 4 is 11.9 Å². The Labute approximate surface area is 182 Å². The van der Waals surface area contributed by atoms with Gasteiger partial charge in [-0.2, -0.15) is 0 Å². The van der Waals surface area contributed by atoms with E-state index in [2.05, 4.69) is 0 Å². The monoisotopic (exact) mass is 438 g/mol. The van der Waals surface area contributed by atoms with Crippen LogP contribution in [0.25, 0.3) is 0 Å². The van der Waals surface area contributed by atoms with Crippen molar-refractivity contribution in [3.63, 3.8) is 0 Å². The summed E-state index contributed by atoms with van der Waals surface area (Å²) in [5, 5.41) is 53.0. The highest BCUT2D eigenvalue weighted by Gasteiger charge is 2.29. The second-order valence-corrected chi connectivity index (χ2v) is 9.67. The van der Waals surface area contributed by atoms with E-state index >= 15 is 0 Å². The molecule has 8 heteroatoms. The molecule has 6 N–H and O–H groups in total. The van der Waals surface area contributed by atoms with Gasteiger partial charge in [0.15, 0.2) is 0 Å². The van der Waals surface area contributed by atoms with Gasteiger partial charge in [0.25, 0.3) is 0 Å². The number of aliphatic hydroxyl groups excluding tert-OH is 4. The molecule has 8 nitrogen and oxygen atoms in total. The van der Waals surface area contributed by atoms with Crippen LogP contribution in [0.5, 0.6) is 0 Å². The maximum absolute atomic E-state index is 9.90. The minimum Gasteiger partial charge on any atom is -0.481 e. The molecule has 0 radical (unpaired) electrons. The lowest BCUT2D eigenvalue weighted by Gasteiger charge is -2.30. The molecule has 182 valence electrons. The molecule has 0 aromatic heterocycles. The highest BCUT2D eigenvalue weighted by atomic mass is 16.4. The third-order valence-corrected chi connectivity index (χ3v) is 4.71. The fraction of sp³-hybridized carbons (Fsp3) is 0.909. The van der Waals surface area contributed by atoms with Gasteiger partial charge in [0.1, 0.15) is 0 Å². The molecular weight excluding hydrogens is 392 g/mol. The lowest BCUT2D eigenvalue weighted by Crippen LogP contribution is -2.36. The van der Waals surface area contributed by atoms with Crippen LogP contribution in [0.4, 0.5) is 0 Å². The first-order valence-electron chi connectivity index (χ1n) is 10.5. The fourth-order valence-electron chi connectivity index (χ4n) is 2.54. The smallest absolute Gasteiger partial charge is 0.303 e. The molecule has 2 unspecified atom stereocenters. The Balaban J connectivity index is -0.000000364. The molecule has 0 aromatic rings. The Morgan fingerprint density at radius 2 is 0.900 bits per heavy atom. The summed E-state index contributed by atoms with van der Waals surface area (Å²) in [5.74, 6) is -1.32. The first-order chi connectivity index (χ1) is 13.5. The van der Waals surface area contributed by atoms with E-state index in [0.29, 0.717) is 12.8 Å². The first-order valence-corrected chi connectivity index (χ1v) is 10.5.